The Morgan fingerprint density at radius 1 is 1.14 bits per heavy atom. The Hall–Kier alpha value is -3.45. The molecule has 0 saturated carbocycles. The first kappa shape index (κ1) is 18.9. The normalized spacial score (nSPS) is 12.0. The zero-order chi connectivity index (χ0) is 20.5. The van der Waals surface area contributed by atoms with E-state index in [9.17, 15) is 19.6 Å². The molecular formula is C25H20FNO2. The van der Waals surface area contributed by atoms with Crippen molar-refractivity contribution >= 4 is 5.97 Å². The highest BCUT2D eigenvalue weighted by Crippen LogP contribution is 2.43. The number of aromatic carboxylic acids is 1. The number of carboxylic acid groups (broad SMARTS) is 1. The van der Waals surface area contributed by atoms with Crippen LogP contribution in [0.3, 0.4) is 0 Å². The number of benzene rings is 3. The highest BCUT2D eigenvalue weighted by Gasteiger charge is 2.27. The fourth-order valence-corrected chi connectivity index (χ4v) is 4.33. The van der Waals surface area contributed by atoms with Crippen molar-refractivity contribution in [1.29, 1.82) is 5.26 Å². The molecule has 0 bridgehead atoms. The van der Waals surface area contributed by atoms with E-state index in [4.69, 9.17) is 0 Å². The first-order chi connectivity index (χ1) is 14.0. The molecule has 1 aliphatic rings. The number of halogens is 1. The van der Waals surface area contributed by atoms with E-state index in [-0.39, 0.29) is 5.56 Å². The number of nitriles is 1. The maximum atomic E-state index is 13.9. The van der Waals surface area contributed by atoms with Crippen molar-refractivity contribution in [3.63, 3.8) is 0 Å². The number of carbonyl (C=O) groups is 1. The number of fused-ring (bicyclic) bond motifs is 3. The van der Waals surface area contributed by atoms with E-state index >= 15 is 0 Å². The summed E-state index contributed by atoms with van der Waals surface area (Å²) in [5, 5.41) is 19.6. The molecule has 3 aromatic rings. The molecule has 0 aromatic heterocycles. The molecule has 0 saturated heterocycles. The highest BCUT2D eigenvalue weighted by atomic mass is 19.1. The standard InChI is InChI=1S/C25H20FNO2/c1-2-4-15-7-9-20-16(11-15)8-10-21-23(17-5-3-6-19(26)12-17)22(25(28)29)13-18(14-27)24(20)21/h3,5-7,9,11-13H,2,4,8,10H2,1H3,(H,28,29). The first-order valence-electron chi connectivity index (χ1n) is 9.74. The van der Waals surface area contributed by atoms with Gasteiger partial charge in [0.05, 0.1) is 17.2 Å². The Morgan fingerprint density at radius 2 is 1.97 bits per heavy atom. The predicted molar refractivity (Wildman–Crippen MR) is 110 cm³/mol. The summed E-state index contributed by atoms with van der Waals surface area (Å²) in [7, 11) is 0. The van der Waals surface area contributed by atoms with Gasteiger partial charge in [0.25, 0.3) is 0 Å². The molecule has 0 fully saturated rings. The van der Waals surface area contributed by atoms with Gasteiger partial charge < -0.3 is 5.11 Å². The minimum atomic E-state index is -1.12. The predicted octanol–water partition coefficient (Wildman–Crippen LogP) is 5.78. The molecule has 0 radical (unpaired) electrons. The largest absolute Gasteiger partial charge is 0.478 e. The Labute approximate surface area is 169 Å². The van der Waals surface area contributed by atoms with E-state index < -0.39 is 11.8 Å². The van der Waals surface area contributed by atoms with Crippen LogP contribution in [0.5, 0.6) is 0 Å². The quantitative estimate of drug-likeness (QED) is 0.619. The molecule has 29 heavy (non-hydrogen) atoms. The van der Waals surface area contributed by atoms with Crippen molar-refractivity contribution in [3.8, 4) is 28.3 Å². The third-order valence-corrected chi connectivity index (χ3v) is 5.52. The van der Waals surface area contributed by atoms with Crippen LogP contribution >= 0.6 is 0 Å². The lowest BCUT2D eigenvalue weighted by atomic mass is 9.77. The number of rotatable bonds is 4. The van der Waals surface area contributed by atoms with E-state index in [0.29, 0.717) is 23.1 Å². The fraction of sp³-hybridized carbons (Fsp3) is 0.200. The van der Waals surface area contributed by atoms with Crippen LogP contribution in [-0.2, 0) is 19.3 Å². The van der Waals surface area contributed by atoms with E-state index in [1.165, 1.54) is 29.3 Å². The van der Waals surface area contributed by atoms with Crippen LogP contribution in [0.4, 0.5) is 4.39 Å². The summed E-state index contributed by atoms with van der Waals surface area (Å²) < 4.78 is 13.9. The molecule has 3 nitrogen and oxygen atoms in total. The maximum Gasteiger partial charge on any atom is 0.336 e. The Bertz CT molecular complexity index is 1170. The van der Waals surface area contributed by atoms with Gasteiger partial charge in [0.15, 0.2) is 0 Å². The van der Waals surface area contributed by atoms with Gasteiger partial charge in [0.1, 0.15) is 5.82 Å². The van der Waals surface area contributed by atoms with E-state index in [0.717, 1.165) is 36.0 Å². The summed E-state index contributed by atoms with van der Waals surface area (Å²) >= 11 is 0. The summed E-state index contributed by atoms with van der Waals surface area (Å²) in [6.07, 6.45) is 3.43. The second-order valence-electron chi connectivity index (χ2n) is 7.37. The van der Waals surface area contributed by atoms with E-state index in [1.807, 2.05) is 6.07 Å². The Morgan fingerprint density at radius 3 is 2.66 bits per heavy atom. The summed E-state index contributed by atoms with van der Waals surface area (Å²) in [6.45, 7) is 2.14. The summed E-state index contributed by atoms with van der Waals surface area (Å²) in [4.78, 5) is 12.0. The highest BCUT2D eigenvalue weighted by molar-refractivity contribution is 6.01. The molecule has 4 heteroatoms. The van der Waals surface area contributed by atoms with Crippen LogP contribution in [-0.4, -0.2) is 11.1 Å². The smallest absolute Gasteiger partial charge is 0.336 e. The van der Waals surface area contributed by atoms with Crippen LogP contribution in [0.25, 0.3) is 22.3 Å². The van der Waals surface area contributed by atoms with Crippen LogP contribution in [0.15, 0.2) is 48.5 Å². The average Bonchev–Trinajstić information content (AvgIpc) is 2.72. The monoisotopic (exact) mass is 385 g/mol. The fourth-order valence-electron chi connectivity index (χ4n) is 4.33. The maximum absolute atomic E-state index is 13.9. The van der Waals surface area contributed by atoms with E-state index in [1.54, 1.807) is 12.1 Å². The summed E-state index contributed by atoms with van der Waals surface area (Å²) in [6, 6.07) is 15.9. The SMILES string of the molecule is CCCc1ccc2c(c1)CCc1c-2c(C#N)cc(C(=O)O)c1-c1cccc(F)c1. The second kappa shape index (κ2) is 7.52. The third-order valence-electron chi connectivity index (χ3n) is 5.52. The molecule has 3 aromatic carbocycles. The molecule has 0 spiro atoms. The Kier molecular flexibility index (Phi) is 4.90. The molecule has 0 atom stereocenters. The molecule has 0 heterocycles. The molecule has 1 N–H and O–H groups in total. The van der Waals surface area contributed by atoms with Crippen LogP contribution in [0.2, 0.25) is 0 Å². The van der Waals surface area contributed by atoms with Crippen LogP contribution < -0.4 is 0 Å². The van der Waals surface area contributed by atoms with Crippen molar-refractivity contribution in [2.24, 2.45) is 0 Å². The molecule has 4 rings (SSSR count). The van der Waals surface area contributed by atoms with Crippen molar-refractivity contribution < 1.29 is 14.3 Å². The zero-order valence-electron chi connectivity index (χ0n) is 16.1. The van der Waals surface area contributed by atoms with Gasteiger partial charge in [0, 0.05) is 11.1 Å². The van der Waals surface area contributed by atoms with Crippen molar-refractivity contribution in [2.75, 3.05) is 0 Å². The van der Waals surface area contributed by atoms with Gasteiger partial charge in [-0.25, -0.2) is 9.18 Å². The third kappa shape index (κ3) is 3.30. The lowest BCUT2D eigenvalue weighted by Crippen LogP contribution is -2.12. The summed E-state index contributed by atoms with van der Waals surface area (Å²) in [5.74, 6) is -1.54. The minimum Gasteiger partial charge on any atom is -0.478 e. The second-order valence-corrected chi connectivity index (χ2v) is 7.37. The van der Waals surface area contributed by atoms with Gasteiger partial charge >= 0.3 is 5.97 Å². The molecule has 0 amide bonds. The van der Waals surface area contributed by atoms with Gasteiger partial charge in [-0.05, 0) is 65.3 Å². The first-order valence-corrected chi connectivity index (χ1v) is 9.74. The zero-order valence-corrected chi connectivity index (χ0v) is 16.1. The topological polar surface area (TPSA) is 61.1 Å². The summed E-state index contributed by atoms with van der Waals surface area (Å²) in [5.41, 5.74) is 6.41. The van der Waals surface area contributed by atoms with Crippen molar-refractivity contribution in [3.05, 3.63) is 82.2 Å². The number of hydrogen-bond donors (Lipinski definition) is 1. The van der Waals surface area contributed by atoms with Gasteiger partial charge in [0.2, 0.25) is 0 Å². The Balaban J connectivity index is 2.04. The molecule has 0 aliphatic heterocycles. The van der Waals surface area contributed by atoms with Gasteiger partial charge in [-0.15, -0.1) is 0 Å². The number of hydrogen-bond acceptors (Lipinski definition) is 2. The minimum absolute atomic E-state index is 0.0388. The number of nitrogens with zero attached hydrogens (tertiary/aromatic N) is 1. The van der Waals surface area contributed by atoms with Crippen molar-refractivity contribution in [1.82, 2.24) is 0 Å². The lowest BCUT2D eigenvalue weighted by molar-refractivity contribution is 0.0697. The molecule has 144 valence electrons. The van der Waals surface area contributed by atoms with Gasteiger partial charge in [-0.1, -0.05) is 43.7 Å². The van der Waals surface area contributed by atoms with E-state index in [2.05, 4.69) is 25.1 Å². The molecular weight excluding hydrogens is 365 g/mol. The lowest BCUT2D eigenvalue weighted by Gasteiger charge is -2.26. The van der Waals surface area contributed by atoms with Crippen LogP contribution in [0, 0.1) is 17.1 Å². The van der Waals surface area contributed by atoms with Crippen LogP contribution in [0.1, 0.15) is 46.0 Å². The van der Waals surface area contributed by atoms with Gasteiger partial charge in [-0.2, -0.15) is 5.26 Å². The number of carboxylic acids is 1. The number of aryl methyl sites for hydroxylation is 2. The molecule has 1 aliphatic carbocycles. The van der Waals surface area contributed by atoms with Gasteiger partial charge in [-0.3, -0.25) is 0 Å². The van der Waals surface area contributed by atoms with Crippen molar-refractivity contribution in [2.45, 2.75) is 32.6 Å². The average molecular weight is 385 g/mol. The molecule has 0 unspecified atom stereocenters.